The van der Waals surface area contributed by atoms with Gasteiger partial charge in [-0.15, -0.1) is 0 Å². The molecule has 7 heteroatoms. The van der Waals surface area contributed by atoms with Gasteiger partial charge in [-0.05, 0) is 44.0 Å². The smallest absolute Gasteiger partial charge is 0.336 e. The summed E-state index contributed by atoms with van der Waals surface area (Å²) in [6, 6.07) is 4.99. The maximum absolute atomic E-state index is 13.8. The monoisotopic (exact) mass is 385 g/mol. The molecule has 1 atom stereocenters. The Bertz CT molecular complexity index is 937. The number of hydrogen-bond acceptors (Lipinski definition) is 4. The maximum atomic E-state index is 13.8. The van der Waals surface area contributed by atoms with Crippen LogP contribution in [-0.2, 0) is 4.79 Å². The van der Waals surface area contributed by atoms with Crippen LogP contribution in [0, 0.1) is 18.2 Å². The molecule has 0 radical (unpaired) electrons. The van der Waals surface area contributed by atoms with E-state index in [2.05, 4.69) is 9.97 Å². The first kappa shape index (κ1) is 19.9. The van der Waals surface area contributed by atoms with Crippen molar-refractivity contribution in [2.24, 2.45) is 5.41 Å². The third-order valence-corrected chi connectivity index (χ3v) is 4.84. The highest BCUT2D eigenvalue weighted by atomic mass is 19.1. The van der Waals surface area contributed by atoms with Crippen LogP contribution in [0.5, 0.6) is 0 Å². The first-order valence-corrected chi connectivity index (χ1v) is 9.28. The SMILES string of the molecule is Cc1nc(-c2cc(F)ccc2C(=O)O)cc([C@H]2CCCN2C(=O)C(C)(C)C)n1. The van der Waals surface area contributed by atoms with E-state index in [1.165, 1.54) is 12.1 Å². The van der Waals surface area contributed by atoms with Gasteiger partial charge in [0.25, 0.3) is 0 Å². The molecule has 0 bridgehead atoms. The molecule has 6 nitrogen and oxygen atoms in total. The second-order valence-electron chi connectivity index (χ2n) is 8.13. The number of likely N-dealkylation sites (tertiary alicyclic amines) is 1. The average Bonchev–Trinajstić information content (AvgIpc) is 3.08. The summed E-state index contributed by atoms with van der Waals surface area (Å²) in [5.74, 6) is -1.20. The number of aromatic nitrogens is 2. The number of rotatable bonds is 3. The molecule has 1 aromatic carbocycles. The number of benzene rings is 1. The molecule has 0 spiro atoms. The zero-order valence-electron chi connectivity index (χ0n) is 16.5. The summed E-state index contributed by atoms with van der Waals surface area (Å²) in [6.45, 7) is 8.00. The molecule has 2 aromatic rings. The van der Waals surface area contributed by atoms with E-state index in [0.717, 1.165) is 18.9 Å². The summed E-state index contributed by atoms with van der Waals surface area (Å²) in [5, 5.41) is 9.45. The van der Waals surface area contributed by atoms with Gasteiger partial charge >= 0.3 is 5.97 Å². The predicted molar refractivity (Wildman–Crippen MR) is 102 cm³/mol. The highest BCUT2D eigenvalue weighted by Crippen LogP contribution is 2.36. The Morgan fingerprint density at radius 2 is 1.93 bits per heavy atom. The molecule has 2 heterocycles. The molecule has 0 saturated carbocycles. The van der Waals surface area contributed by atoms with Crippen molar-refractivity contribution in [2.75, 3.05) is 6.54 Å². The minimum Gasteiger partial charge on any atom is -0.478 e. The van der Waals surface area contributed by atoms with Crippen molar-refractivity contribution in [1.82, 2.24) is 14.9 Å². The molecule has 1 amide bonds. The number of halogens is 1. The van der Waals surface area contributed by atoms with E-state index in [1.807, 2.05) is 25.7 Å². The number of aromatic carboxylic acids is 1. The lowest BCUT2D eigenvalue weighted by atomic mass is 9.94. The number of amides is 1. The third kappa shape index (κ3) is 3.88. The van der Waals surface area contributed by atoms with Gasteiger partial charge in [0.1, 0.15) is 11.6 Å². The van der Waals surface area contributed by atoms with Gasteiger partial charge in [0.15, 0.2) is 0 Å². The molecule has 1 aliphatic rings. The molecule has 3 rings (SSSR count). The number of carbonyl (C=O) groups excluding carboxylic acids is 1. The highest BCUT2D eigenvalue weighted by Gasteiger charge is 2.36. The van der Waals surface area contributed by atoms with Gasteiger partial charge in [-0.2, -0.15) is 0 Å². The lowest BCUT2D eigenvalue weighted by molar-refractivity contribution is -0.140. The second-order valence-corrected chi connectivity index (χ2v) is 8.13. The third-order valence-electron chi connectivity index (χ3n) is 4.84. The molecule has 28 heavy (non-hydrogen) atoms. The number of carbonyl (C=O) groups is 2. The van der Waals surface area contributed by atoms with Crippen molar-refractivity contribution in [3.05, 3.63) is 47.2 Å². The molecule has 1 N–H and O–H groups in total. The van der Waals surface area contributed by atoms with Crippen LogP contribution in [0.1, 0.15) is 61.5 Å². The molecule has 0 aliphatic carbocycles. The summed E-state index contributed by atoms with van der Waals surface area (Å²) in [5.41, 5.74) is 0.657. The van der Waals surface area contributed by atoms with Gasteiger partial charge in [-0.1, -0.05) is 20.8 Å². The molecule has 148 valence electrons. The summed E-state index contributed by atoms with van der Waals surface area (Å²) in [7, 11) is 0. The van der Waals surface area contributed by atoms with E-state index in [4.69, 9.17) is 0 Å². The Kier molecular flexibility index (Phi) is 5.19. The van der Waals surface area contributed by atoms with Gasteiger partial charge in [-0.25, -0.2) is 19.2 Å². The van der Waals surface area contributed by atoms with Crippen LogP contribution >= 0.6 is 0 Å². The van der Waals surface area contributed by atoms with Crippen molar-refractivity contribution in [1.29, 1.82) is 0 Å². The molecule has 1 saturated heterocycles. The standard InChI is InChI=1S/C21H24FN3O3/c1-12-23-16(15-10-13(22)7-8-14(15)19(26)27)11-17(24-12)18-6-5-9-25(18)20(28)21(2,3)4/h7-8,10-11,18H,5-6,9H2,1-4H3,(H,26,27)/t18-/m1/s1. The van der Waals surface area contributed by atoms with Gasteiger partial charge in [0.05, 0.1) is 23.0 Å². The quantitative estimate of drug-likeness (QED) is 0.863. The summed E-state index contributed by atoms with van der Waals surface area (Å²) < 4.78 is 13.8. The number of aryl methyl sites for hydroxylation is 1. The Morgan fingerprint density at radius 3 is 2.57 bits per heavy atom. The van der Waals surface area contributed by atoms with Crippen LogP contribution < -0.4 is 0 Å². The Hall–Kier alpha value is -2.83. The van der Waals surface area contributed by atoms with Crippen LogP contribution in [0.2, 0.25) is 0 Å². The van der Waals surface area contributed by atoms with E-state index in [-0.39, 0.29) is 23.1 Å². The molecule has 1 fully saturated rings. The first-order valence-electron chi connectivity index (χ1n) is 9.28. The molecule has 1 aliphatic heterocycles. The molecule has 1 aromatic heterocycles. The summed E-state index contributed by atoms with van der Waals surface area (Å²) in [4.78, 5) is 35.1. The van der Waals surface area contributed by atoms with Crippen LogP contribution in [0.25, 0.3) is 11.3 Å². The number of carboxylic acids is 1. The van der Waals surface area contributed by atoms with Crippen LogP contribution in [0.15, 0.2) is 24.3 Å². The highest BCUT2D eigenvalue weighted by molar-refractivity contribution is 5.95. The zero-order chi connectivity index (χ0) is 20.6. The van der Waals surface area contributed by atoms with Gasteiger partial charge in [-0.3, -0.25) is 4.79 Å². The molecule has 0 unspecified atom stereocenters. The Labute approximate surface area is 163 Å². The van der Waals surface area contributed by atoms with E-state index in [9.17, 15) is 19.1 Å². The Morgan fingerprint density at radius 1 is 1.21 bits per heavy atom. The average molecular weight is 385 g/mol. The Balaban J connectivity index is 2.07. The van der Waals surface area contributed by atoms with Crippen LogP contribution in [0.3, 0.4) is 0 Å². The van der Waals surface area contributed by atoms with Crippen molar-refractivity contribution >= 4 is 11.9 Å². The van der Waals surface area contributed by atoms with E-state index < -0.39 is 17.2 Å². The number of nitrogens with zero attached hydrogens (tertiary/aromatic N) is 3. The molecular formula is C21H24FN3O3. The van der Waals surface area contributed by atoms with E-state index in [0.29, 0.717) is 23.8 Å². The van der Waals surface area contributed by atoms with Crippen molar-refractivity contribution in [3.8, 4) is 11.3 Å². The topological polar surface area (TPSA) is 83.4 Å². The minimum atomic E-state index is -1.15. The first-order chi connectivity index (χ1) is 13.1. The van der Waals surface area contributed by atoms with Crippen molar-refractivity contribution in [2.45, 2.75) is 46.6 Å². The van der Waals surface area contributed by atoms with Crippen molar-refractivity contribution in [3.63, 3.8) is 0 Å². The maximum Gasteiger partial charge on any atom is 0.336 e. The van der Waals surface area contributed by atoms with Crippen LogP contribution in [-0.4, -0.2) is 38.4 Å². The fourth-order valence-corrected chi connectivity index (χ4v) is 3.56. The zero-order valence-corrected chi connectivity index (χ0v) is 16.5. The van der Waals surface area contributed by atoms with Gasteiger partial charge < -0.3 is 10.0 Å². The number of hydrogen-bond donors (Lipinski definition) is 1. The fourth-order valence-electron chi connectivity index (χ4n) is 3.56. The lowest BCUT2D eigenvalue weighted by Gasteiger charge is -2.31. The predicted octanol–water partition coefficient (Wildman–Crippen LogP) is 4.00. The van der Waals surface area contributed by atoms with Crippen LogP contribution in [0.4, 0.5) is 4.39 Å². The largest absolute Gasteiger partial charge is 0.478 e. The van der Waals surface area contributed by atoms with Gasteiger partial charge in [0, 0.05) is 17.5 Å². The van der Waals surface area contributed by atoms with Gasteiger partial charge in [0.2, 0.25) is 5.91 Å². The number of carboxylic acid groups (broad SMARTS) is 1. The second kappa shape index (κ2) is 7.30. The fraction of sp³-hybridized carbons (Fsp3) is 0.429. The van der Waals surface area contributed by atoms with Crippen molar-refractivity contribution < 1.29 is 19.1 Å². The van der Waals surface area contributed by atoms with E-state index >= 15 is 0 Å². The summed E-state index contributed by atoms with van der Waals surface area (Å²) >= 11 is 0. The summed E-state index contributed by atoms with van der Waals surface area (Å²) in [6.07, 6.45) is 1.64. The lowest BCUT2D eigenvalue weighted by Crippen LogP contribution is -2.39. The normalized spacial score (nSPS) is 17.0. The molecular weight excluding hydrogens is 361 g/mol. The minimum absolute atomic E-state index is 0.0282. The van der Waals surface area contributed by atoms with E-state index in [1.54, 1.807) is 13.0 Å².